The molecule has 2 rings (SSSR count). The summed E-state index contributed by atoms with van der Waals surface area (Å²) in [6.07, 6.45) is 0. The standard InChI is InChI=1S/C17H20ClNO2/c1-12(14-7-5-4-6-8-14)19-11-13-9-15(18)17(21-3)16(10-13)20-2/h4-10,12,19H,11H2,1-3H3/t12-/m0/s1. The molecule has 0 amide bonds. The molecule has 0 aliphatic rings. The van der Waals surface area contributed by atoms with Crippen LogP contribution in [0.25, 0.3) is 0 Å². The Kier molecular flexibility index (Phi) is 5.48. The number of ether oxygens (including phenoxy) is 2. The summed E-state index contributed by atoms with van der Waals surface area (Å²) in [4.78, 5) is 0. The van der Waals surface area contributed by atoms with E-state index in [-0.39, 0.29) is 6.04 Å². The highest BCUT2D eigenvalue weighted by molar-refractivity contribution is 6.32. The highest BCUT2D eigenvalue weighted by atomic mass is 35.5. The van der Waals surface area contributed by atoms with Gasteiger partial charge in [0.1, 0.15) is 0 Å². The van der Waals surface area contributed by atoms with E-state index in [1.54, 1.807) is 14.2 Å². The van der Waals surface area contributed by atoms with Crippen molar-refractivity contribution >= 4 is 11.6 Å². The van der Waals surface area contributed by atoms with Gasteiger partial charge in [0, 0.05) is 12.6 Å². The smallest absolute Gasteiger partial charge is 0.179 e. The van der Waals surface area contributed by atoms with Gasteiger partial charge in [-0.3, -0.25) is 0 Å². The highest BCUT2D eigenvalue weighted by Gasteiger charge is 2.11. The molecule has 2 aromatic rings. The van der Waals surface area contributed by atoms with Gasteiger partial charge in [0.2, 0.25) is 0 Å². The maximum Gasteiger partial charge on any atom is 0.179 e. The quantitative estimate of drug-likeness (QED) is 0.867. The van der Waals surface area contributed by atoms with E-state index in [1.165, 1.54) is 5.56 Å². The fourth-order valence-corrected chi connectivity index (χ4v) is 2.51. The molecule has 4 heteroatoms. The van der Waals surface area contributed by atoms with Crippen LogP contribution in [-0.4, -0.2) is 14.2 Å². The van der Waals surface area contributed by atoms with Crippen molar-refractivity contribution in [2.75, 3.05) is 14.2 Å². The molecule has 1 atom stereocenters. The van der Waals surface area contributed by atoms with Crippen LogP contribution in [0.1, 0.15) is 24.1 Å². The number of rotatable bonds is 6. The second kappa shape index (κ2) is 7.34. The first kappa shape index (κ1) is 15.7. The lowest BCUT2D eigenvalue weighted by atomic mass is 10.1. The monoisotopic (exact) mass is 305 g/mol. The Morgan fingerprint density at radius 2 is 1.81 bits per heavy atom. The van der Waals surface area contributed by atoms with Gasteiger partial charge in [0.15, 0.2) is 11.5 Å². The van der Waals surface area contributed by atoms with Gasteiger partial charge >= 0.3 is 0 Å². The Hall–Kier alpha value is -1.71. The normalized spacial score (nSPS) is 12.0. The Balaban J connectivity index is 2.08. The Bertz CT molecular complexity index is 587. The minimum Gasteiger partial charge on any atom is -0.493 e. The Labute approximate surface area is 130 Å². The van der Waals surface area contributed by atoms with Gasteiger partial charge in [-0.15, -0.1) is 0 Å². The lowest BCUT2D eigenvalue weighted by Gasteiger charge is -2.16. The van der Waals surface area contributed by atoms with Crippen molar-refractivity contribution < 1.29 is 9.47 Å². The SMILES string of the molecule is COc1cc(CN[C@@H](C)c2ccccc2)cc(Cl)c1OC. The van der Waals surface area contributed by atoms with Crippen LogP contribution in [0.15, 0.2) is 42.5 Å². The molecular formula is C17H20ClNO2. The molecule has 0 unspecified atom stereocenters. The van der Waals surface area contributed by atoms with E-state index in [1.807, 2.05) is 30.3 Å². The molecule has 0 aromatic heterocycles. The average Bonchev–Trinajstić information content (AvgIpc) is 2.52. The molecule has 0 spiro atoms. The van der Waals surface area contributed by atoms with Crippen LogP contribution in [0, 0.1) is 0 Å². The van der Waals surface area contributed by atoms with Gasteiger partial charge in [0.05, 0.1) is 19.2 Å². The van der Waals surface area contributed by atoms with Gasteiger partial charge in [-0.05, 0) is 30.2 Å². The van der Waals surface area contributed by atoms with Gasteiger partial charge in [-0.1, -0.05) is 41.9 Å². The van der Waals surface area contributed by atoms with Crippen LogP contribution in [0.4, 0.5) is 0 Å². The molecule has 0 radical (unpaired) electrons. The summed E-state index contributed by atoms with van der Waals surface area (Å²) in [5.74, 6) is 1.22. The van der Waals surface area contributed by atoms with Crippen molar-refractivity contribution in [3.8, 4) is 11.5 Å². The van der Waals surface area contributed by atoms with Crippen molar-refractivity contribution in [2.24, 2.45) is 0 Å². The van der Waals surface area contributed by atoms with Crippen LogP contribution < -0.4 is 14.8 Å². The van der Waals surface area contributed by atoms with E-state index in [9.17, 15) is 0 Å². The van der Waals surface area contributed by atoms with E-state index in [4.69, 9.17) is 21.1 Å². The fourth-order valence-electron chi connectivity index (χ4n) is 2.20. The average molecular weight is 306 g/mol. The van der Waals surface area contributed by atoms with Gasteiger partial charge < -0.3 is 14.8 Å². The van der Waals surface area contributed by atoms with E-state index in [0.717, 1.165) is 5.56 Å². The molecule has 1 N–H and O–H groups in total. The summed E-state index contributed by atoms with van der Waals surface area (Å²) in [6, 6.07) is 14.4. The summed E-state index contributed by atoms with van der Waals surface area (Å²) >= 11 is 6.21. The molecule has 3 nitrogen and oxygen atoms in total. The third-order valence-corrected chi connectivity index (χ3v) is 3.69. The molecule has 0 bridgehead atoms. The zero-order chi connectivity index (χ0) is 15.2. The molecule has 0 aliphatic heterocycles. The number of benzene rings is 2. The minimum atomic E-state index is 0.262. The fraction of sp³-hybridized carbons (Fsp3) is 0.294. The molecule has 0 heterocycles. The summed E-state index contributed by atoms with van der Waals surface area (Å²) < 4.78 is 10.6. The number of hydrogen-bond acceptors (Lipinski definition) is 3. The first-order chi connectivity index (χ1) is 10.2. The van der Waals surface area contributed by atoms with Crippen LogP contribution >= 0.6 is 11.6 Å². The third kappa shape index (κ3) is 3.90. The minimum absolute atomic E-state index is 0.262. The number of methoxy groups -OCH3 is 2. The van der Waals surface area contributed by atoms with E-state index < -0.39 is 0 Å². The van der Waals surface area contributed by atoms with E-state index >= 15 is 0 Å². The topological polar surface area (TPSA) is 30.5 Å². The van der Waals surface area contributed by atoms with Crippen LogP contribution in [0.2, 0.25) is 5.02 Å². The predicted octanol–water partition coefficient (Wildman–Crippen LogP) is 4.21. The Morgan fingerprint density at radius 3 is 2.43 bits per heavy atom. The van der Waals surface area contributed by atoms with Crippen molar-refractivity contribution in [3.63, 3.8) is 0 Å². The molecule has 2 aromatic carbocycles. The number of nitrogens with one attached hydrogen (secondary N) is 1. The summed E-state index contributed by atoms with van der Waals surface area (Å²) in [7, 11) is 3.19. The molecule has 21 heavy (non-hydrogen) atoms. The van der Waals surface area contributed by atoms with Crippen molar-refractivity contribution in [2.45, 2.75) is 19.5 Å². The van der Waals surface area contributed by atoms with Crippen molar-refractivity contribution in [3.05, 3.63) is 58.6 Å². The molecule has 0 aliphatic carbocycles. The van der Waals surface area contributed by atoms with Crippen LogP contribution in [0.5, 0.6) is 11.5 Å². The van der Waals surface area contributed by atoms with Gasteiger partial charge in [-0.2, -0.15) is 0 Å². The second-order valence-corrected chi connectivity index (χ2v) is 5.23. The van der Waals surface area contributed by atoms with E-state index in [0.29, 0.717) is 23.1 Å². The van der Waals surface area contributed by atoms with Crippen LogP contribution in [0.3, 0.4) is 0 Å². The largest absolute Gasteiger partial charge is 0.493 e. The third-order valence-electron chi connectivity index (χ3n) is 3.41. The zero-order valence-corrected chi connectivity index (χ0v) is 13.3. The molecule has 0 saturated carbocycles. The van der Waals surface area contributed by atoms with Crippen molar-refractivity contribution in [1.29, 1.82) is 0 Å². The lowest BCUT2D eigenvalue weighted by molar-refractivity contribution is 0.354. The first-order valence-corrected chi connectivity index (χ1v) is 7.22. The maximum absolute atomic E-state index is 6.21. The molecule has 0 saturated heterocycles. The van der Waals surface area contributed by atoms with Crippen molar-refractivity contribution in [1.82, 2.24) is 5.32 Å². The van der Waals surface area contributed by atoms with Gasteiger partial charge in [0.25, 0.3) is 0 Å². The maximum atomic E-state index is 6.21. The number of hydrogen-bond donors (Lipinski definition) is 1. The molecular weight excluding hydrogens is 286 g/mol. The number of halogens is 1. The molecule has 112 valence electrons. The van der Waals surface area contributed by atoms with Crippen LogP contribution in [-0.2, 0) is 6.54 Å². The lowest BCUT2D eigenvalue weighted by Crippen LogP contribution is -2.18. The Morgan fingerprint density at radius 1 is 1.10 bits per heavy atom. The zero-order valence-electron chi connectivity index (χ0n) is 12.5. The summed E-state index contributed by atoms with van der Waals surface area (Å²) in [6.45, 7) is 2.84. The molecule has 0 fully saturated rings. The predicted molar refractivity (Wildman–Crippen MR) is 86.3 cm³/mol. The first-order valence-electron chi connectivity index (χ1n) is 6.84. The second-order valence-electron chi connectivity index (χ2n) is 4.83. The van der Waals surface area contributed by atoms with E-state index in [2.05, 4.69) is 24.4 Å². The highest BCUT2D eigenvalue weighted by Crippen LogP contribution is 2.36. The summed E-state index contributed by atoms with van der Waals surface area (Å²) in [5, 5.41) is 4.03. The summed E-state index contributed by atoms with van der Waals surface area (Å²) in [5.41, 5.74) is 2.31. The van der Waals surface area contributed by atoms with Gasteiger partial charge in [-0.25, -0.2) is 0 Å².